The van der Waals surface area contributed by atoms with Gasteiger partial charge in [-0.1, -0.05) is 30.3 Å². The van der Waals surface area contributed by atoms with E-state index in [0.29, 0.717) is 6.42 Å². The lowest BCUT2D eigenvalue weighted by Crippen LogP contribution is -2.52. The minimum Gasteiger partial charge on any atom is -0.324 e. The van der Waals surface area contributed by atoms with Crippen molar-refractivity contribution >= 4 is 5.91 Å². The van der Waals surface area contributed by atoms with E-state index in [1.165, 1.54) is 0 Å². The molecule has 1 heterocycles. The fraction of sp³-hybridized carbons (Fsp3) is 0.500. The summed E-state index contributed by atoms with van der Waals surface area (Å²) in [6, 6.07) is 9.48. The fourth-order valence-electron chi connectivity index (χ4n) is 2.16. The molecular formula is C14H22N4O. The Hall–Kier alpha value is -1.43. The van der Waals surface area contributed by atoms with Gasteiger partial charge in [-0.05, 0) is 12.6 Å². The fourth-order valence-corrected chi connectivity index (χ4v) is 2.16. The Labute approximate surface area is 114 Å². The number of nitrogens with zero attached hydrogens (tertiary/aromatic N) is 2. The molecule has 3 N–H and O–H groups in total. The molecule has 1 aliphatic heterocycles. The third kappa shape index (κ3) is 4.31. The summed E-state index contributed by atoms with van der Waals surface area (Å²) in [5.41, 5.74) is 9.96. The average Bonchev–Trinajstić information content (AvgIpc) is 2.42. The van der Waals surface area contributed by atoms with Gasteiger partial charge >= 0.3 is 0 Å². The van der Waals surface area contributed by atoms with E-state index in [9.17, 15) is 4.79 Å². The lowest BCUT2D eigenvalue weighted by Gasteiger charge is -2.32. The van der Waals surface area contributed by atoms with E-state index in [-0.39, 0.29) is 11.9 Å². The van der Waals surface area contributed by atoms with Crippen molar-refractivity contribution in [1.29, 1.82) is 0 Å². The van der Waals surface area contributed by atoms with Crippen LogP contribution in [0.25, 0.3) is 0 Å². The molecule has 0 spiro atoms. The van der Waals surface area contributed by atoms with Crippen LogP contribution in [-0.2, 0) is 4.79 Å². The van der Waals surface area contributed by atoms with Gasteiger partial charge in [-0.15, -0.1) is 0 Å². The van der Waals surface area contributed by atoms with Crippen molar-refractivity contribution in [1.82, 2.24) is 15.3 Å². The number of carbonyl (C=O) groups excluding carboxylic acids is 1. The summed E-state index contributed by atoms with van der Waals surface area (Å²) in [5.74, 6) is -0.0130. The number of nitrogens with one attached hydrogen (secondary N) is 1. The molecule has 1 unspecified atom stereocenters. The van der Waals surface area contributed by atoms with E-state index in [4.69, 9.17) is 5.73 Å². The number of likely N-dealkylation sites (N-methyl/N-ethyl adjacent to an activating group) is 1. The van der Waals surface area contributed by atoms with Crippen molar-refractivity contribution in [3.63, 3.8) is 0 Å². The predicted molar refractivity (Wildman–Crippen MR) is 75.2 cm³/mol. The zero-order valence-corrected chi connectivity index (χ0v) is 11.4. The Balaban J connectivity index is 1.78. The van der Waals surface area contributed by atoms with Crippen LogP contribution >= 0.6 is 0 Å². The summed E-state index contributed by atoms with van der Waals surface area (Å²) in [4.78, 5) is 14.2. The Morgan fingerprint density at radius 1 is 1.26 bits per heavy atom. The maximum Gasteiger partial charge on any atom is 0.236 e. The molecule has 1 atom stereocenters. The van der Waals surface area contributed by atoms with Crippen molar-refractivity contribution in [2.45, 2.75) is 12.5 Å². The lowest BCUT2D eigenvalue weighted by atomic mass is 10.0. The van der Waals surface area contributed by atoms with Crippen LogP contribution in [-0.4, -0.2) is 49.0 Å². The second-order valence-electron chi connectivity index (χ2n) is 5.05. The van der Waals surface area contributed by atoms with Gasteiger partial charge in [-0.25, -0.2) is 5.01 Å². The molecule has 0 radical (unpaired) electrons. The first-order valence-corrected chi connectivity index (χ1v) is 6.68. The molecule has 5 heteroatoms. The standard InChI is InChI=1S/C14H22N4O/c1-17-7-9-18(10-8-17)16-14(19)11-13(15)12-5-3-2-4-6-12/h2-6,13H,7-11,15H2,1H3,(H,16,19). The van der Waals surface area contributed by atoms with Crippen molar-refractivity contribution < 1.29 is 4.79 Å². The Kier molecular flexibility index (Phi) is 4.90. The highest BCUT2D eigenvalue weighted by atomic mass is 16.2. The maximum atomic E-state index is 11.9. The number of hydrazine groups is 1. The highest BCUT2D eigenvalue weighted by Gasteiger charge is 2.17. The smallest absolute Gasteiger partial charge is 0.236 e. The van der Waals surface area contributed by atoms with Gasteiger partial charge in [0.25, 0.3) is 0 Å². The molecular weight excluding hydrogens is 240 g/mol. The minimum absolute atomic E-state index is 0.0130. The third-order valence-electron chi connectivity index (χ3n) is 3.42. The Bertz CT molecular complexity index is 401. The number of amides is 1. The quantitative estimate of drug-likeness (QED) is 0.822. The van der Waals surface area contributed by atoms with Crippen LogP contribution in [0, 0.1) is 0 Å². The Morgan fingerprint density at radius 3 is 2.53 bits per heavy atom. The maximum absolute atomic E-state index is 11.9. The van der Waals surface area contributed by atoms with Crippen LogP contribution in [0.4, 0.5) is 0 Å². The number of piperazine rings is 1. The summed E-state index contributed by atoms with van der Waals surface area (Å²) in [6.07, 6.45) is 0.316. The minimum atomic E-state index is -0.242. The molecule has 1 aromatic rings. The van der Waals surface area contributed by atoms with Gasteiger partial charge in [0, 0.05) is 38.6 Å². The number of hydrogen-bond donors (Lipinski definition) is 2. The normalized spacial score (nSPS) is 19.1. The van der Waals surface area contributed by atoms with E-state index in [2.05, 4.69) is 17.4 Å². The largest absolute Gasteiger partial charge is 0.324 e. The highest BCUT2D eigenvalue weighted by Crippen LogP contribution is 2.13. The van der Waals surface area contributed by atoms with E-state index >= 15 is 0 Å². The van der Waals surface area contributed by atoms with Crippen LogP contribution in [0.5, 0.6) is 0 Å². The van der Waals surface area contributed by atoms with E-state index < -0.39 is 0 Å². The molecule has 1 aliphatic rings. The average molecular weight is 262 g/mol. The van der Waals surface area contributed by atoms with Crippen molar-refractivity contribution in [2.75, 3.05) is 33.2 Å². The second-order valence-corrected chi connectivity index (χ2v) is 5.05. The number of rotatable bonds is 4. The zero-order valence-electron chi connectivity index (χ0n) is 11.4. The van der Waals surface area contributed by atoms with Gasteiger partial charge in [0.15, 0.2) is 0 Å². The first-order chi connectivity index (χ1) is 9.15. The van der Waals surface area contributed by atoms with Gasteiger partial charge in [0.05, 0.1) is 0 Å². The lowest BCUT2D eigenvalue weighted by molar-refractivity contribution is -0.127. The van der Waals surface area contributed by atoms with Crippen LogP contribution in [0.2, 0.25) is 0 Å². The van der Waals surface area contributed by atoms with Crippen LogP contribution in [0.15, 0.2) is 30.3 Å². The van der Waals surface area contributed by atoms with Crippen molar-refractivity contribution in [3.05, 3.63) is 35.9 Å². The van der Waals surface area contributed by atoms with E-state index in [1.54, 1.807) is 0 Å². The first kappa shape index (κ1) is 14.0. The molecule has 0 aliphatic carbocycles. The van der Waals surface area contributed by atoms with Crippen molar-refractivity contribution in [3.8, 4) is 0 Å². The SMILES string of the molecule is CN1CCN(NC(=O)CC(N)c2ccccc2)CC1. The van der Waals surface area contributed by atoms with Crippen LogP contribution < -0.4 is 11.2 Å². The van der Waals surface area contributed by atoms with E-state index in [1.807, 2.05) is 35.3 Å². The predicted octanol–water partition coefficient (Wildman–Crippen LogP) is 0.355. The topological polar surface area (TPSA) is 61.6 Å². The number of nitrogens with two attached hydrogens (primary N) is 1. The zero-order chi connectivity index (χ0) is 13.7. The number of carbonyl (C=O) groups is 1. The third-order valence-corrected chi connectivity index (χ3v) is 3.42. The molecule has 1 saturated heterocycles. The monoisotopic (exact) mass is 262 g/mol. The molecule has 0 aromatic heterocycles. The number of benzene rings is 1. The molecule has 1 aromatic carbocycles. The summed E-state index contributed by atoms with van der Waals surface area (Å²) in [7, 11) is 2.09. The van der Waals surface area contributed by atoms with Gasteiger partial charge in [-0.2, -0.15) is 0 Å². The van der Waals surface area contributed by atoms with Gasteiger partial charge in [0.2, 0.25) is 5.91 Å². The summed E-state index contributed by atoms with van der Waals surface area (Å²) >= 11 is 0. The van der Waals surface area contributed by atoms with Gasteiger partial charge in [0.1, 0.15) is 0 Å². The molecule has 5 nitrogen and oxygen atoms in total. The highest BCUT2D eigenvalue weighted by molar-refractivity contribution is 5.76. The second kappa shape index (κ2) is 6.65. The molecule has 0 saturated carbocycles. The summed E-state index contributed by atoms with van der Waals surface area (Å²) in [6.45, 7) is 3.68. The Morgan fingerprint density at radius 2 is 1.89 bits per heavy atom. The molecule has 1 fully saturated rings. The molecule has 19 heavy (non-hydrogen) atoms. The van der Waals surface area contributed by atoms with Crippen molar-refractivity contribution in [2.24, 2.45) is 5.73 Å². The van der Waals surface area contributed by atoms with Gasteiger partial charge in [-0.3, -0.25) is 10.2 Å². The molecule has 1 amide bonds. The van der Waals surface area contributed by atoms with Gasteiger partial charge < -0.3 is 10.6 Å². The summed E-state index contributed by atoms with van der Waals surface area (Å²) in [5, 5.41) is 1.97. The molecule has 2 rings (SSSR count). The molecule has 0 bridgehead atoms. The van der Waals surface area contributed by atoms with Crippen LogP contribution in [0.3, 0.4) is 0 Å². The van der Waals surface area contributed by atoms with E-state index in [0.717, 1.165) is 31.7 Å². The van der Waals surface area contributed by atoms with Crippen LogP contribution in [0.1, 0.15) is 18.0 Å². The summed E-state index contributed by atoms with van der Waals surface area (Å²) < 4.78 is 0. The molecule has 104 valence electrons. The first-order valence-electron chi connectivity index (χ1n) is 6.68. The number of hydrogen-bond acceptors (Lipinski definition) is 4.